The zero-order chi connectivity index (χ0) is 15.3. The molecule has 0 saturated carbocycles. The minimum Gasteiger partial charge on any atom is -0.409 e. The van der Waals surface area contributed by atoms with E-state index in [0.29, 0.717) is 18.1 Å². The van der Waals surface area contributed by atoms with E-state index in [0.717, 1.165) is 24.6 Å². The van der Waals surface area contributed by atoms with Crippen molar-refractivity contribution in [1.82, 2.24) is 9.78 Å². The lowest BCUT2D eigenvalue weighted by Crippen LogP contribution is -2.34. The molecule has 1 heterocycles. The topological polar surface area (TPSA) is 88.9 Å². The molecule has 0 aliphatic heterocycles. The van der Waals surface area contributed by atoms with Gasteiger partial charge in [-0.05, 0) is 12.8 Å². The number of aryl methyl sites for hydroxylation is 2. The van der Waals surface area contributed by atoms with Crippen molar-refractivity contribution in [1.29, 1.82) is 0 Å². The molecular formula is C13H25N5O2. The average Bonchev–Trinajstić information content (AvgIpc) is 2.68. The van der Waals surface area contributed by atoms with Crippen LogP contribution < -0.4 is 10.6 Å². The zero-order valence-corrected chi connectivity index (χ0v) is 12.9. The Balaban J connectivity index is 3.23. The van der Waals surface area contributed by atoms with Gasteiger partial charge in [0.15, 0.2) is 5.84 Å². The van der Waals surface area contributed by atoms with E-state index >= 15 is 0 Å². The first-order valence-corrected chi connectivity index (χ1v) is 6.67. The van der Waals surface area contributed by atoms with Crippen molar-refractivity contribution in [3.63, 3.8) is 0 Å². The van der Waals surface area contributed by atoms with Gasteiger partial charge in [-0.25, -0.2) is 0 Å². The number of nitrogens with zero attached hydrogens (tertiary/aromatic N) is 4. The van der Waals surface area contributed by atoms with Gasteiger partial charge in [0.2, 0.25) is 0 Å². The Hall–Kier alpha value is -1.76. The predicted molar refractivity (Wildman–Crippen MR) is 79.4 cm³/mol. The SMILES string of the molecule is COCCN(CC(C)C)c1c(C(N)=NO)c(C)nn1C. The number of hydrogen-bond acceptors (Lipinski definition) is 5. The van der Waals surface area contributed by atoms with Gasteiger partial charge in [0.25, 0.3) is 0 Å². The van der Waals surface area contributed by atoms with Crippen molar-refractivity contribution < 1.29 is 9.94 Å². The molecule has 1 aromatic heterocycles. The maximum Gasteiger partial charge on any atom is 0.175 e. The van der Waals surface area contributed by atoms with Crippen molar-refractivity contribution in [3.05, 3.63) is 11.3 Å². The molecular weight excluding hydrogens is 258 g/mol. The molecule has 0 unspecified atom stereocenters. The van der Waals surface area contributed by atoms with Crippen LogP contribution in [0.3, 0.4) is 0 Å². The van der Waals surface area contributed by atoms with Crippen molar-refractivity contribution in [2.24, 2.45) is 23.9 Å². The van der Waals surface area contributed by atoms with Gasteiger partial charge in [0.05, 0.1) is 17.9 Å². The number of rotatable bonds is 7. The van der Waals surface area contributed by atoms with Crippen LogP contribution >= 0.6 is 0 Å². The Labute approximate surface area is 120 Å². The van der Waals surface area contributed by atoms with E-state index < -0.39 is 0 Å². The summed E-state index contributed by atoms with van der Waals surface area (Å²) in [6, 6.07) is 0. The monoisotopic (exact) mass is 283 g/mol. The highest BCUT2D eigenvalue weighted by molar-refractivity contribution is 6.02. The van der Waals surface area contributed by atoms with Gasteiger partial charge < -0.3 is 20.6 Å². The molecule has 7 nitrogen and oxygen atoms in total. The lowest BCUT2D eigenvalue weighted by atomic mass is 10.1. The van der Waals surface area contributed by atoms with E-state index in [4.69, 9.17) is 15.7 Å². The summed E-state index contributed by atoms with van der Waals surface area (Å²) in [5.41, 5.74) is 7.21. The number of amidine groups is 1. The van der Waals surface area contributed by atoms with E-state index in [-0.39, 0.29) is 5.84 Å². The molecule has 0 aliphatic rings. The van der Waals surface area contributed by atoms with Crippen molar-refractivity contribution >= 4 is 11.7 Å². The Morgan fingerprint density at radius 3 is 2.70 bits per heavy atom. The van der Waals surface area contributed by atoms with E-state index in [2.05, 4.69) is 29.0 Å². The average molecular weight is 283 g/mol. The van der Waals surface area contributed by atoms with Crippen LogP contribution in [0.15, 0.2) is 5.16 Å². The summed E-state index contributed by atoms with van der Waals surface area (Å²) in [5, 5.41) is 16.5. The maximum atomic E-state index is 8.97. The Morgan fingerprint density at radius 2 is 2.20 bits per heavy atom. The quantitative estimate of drug-likeness (QED) is 0.336. The summed E-state index contributed by atoms with van der Waals surface area (Å²) in [5.74, 6) is 1.41. The van der Waals surface area contributed by atoms with Gasteiger partial charge in [-0.2, -0.15) is 5.10 Å². The van der Waals surface area contributed by atoms with Crippen LogP contribution in [0.2, 0.25) is 0 Å². The largest absolute Gasteiger partial charge is 0.409 e. The first-order valence-electron chi connectivity index (χ1n) is 6.67. The molecule has 1 rings (SSSR count). The molecule has 0 fully saturated rings. The van der Waals surface area contributed by atoms with Crippen LogP contribution in [0, 0.1) is 12.8 Å². The molecule has 0 saturated heterocycles. The fraction of sp³-hybridized carbons (Fsp3) is 0.692. The van der Waals surface area contributed by atoms with E-state index in [1.165, 1.54) is 0 Å². The second-order valence-electron chi connectivity index (χ2n) is 5.23. The van der Waals surface area contributed by atoms with Crippen molar-refractivity contribution in [2.45, 2.75) is 20.8 Å². The van der Waals surface area contributed by atoms with E-state index in [1.807, 2.05) is 14.0 Å². The molecule has 0 radical (unpaired) electrons. The molecule has 1 aromatic rings. The zero-order valence-electron chi connectivity index (χ0n) is 12.9. The van der Waals surface area contributed by atoms with Crippen LogP contribution in [0.25, 0.3) is 0 Å². The second-order valence-corrected chi connectivity index (χ2v) is 5.23. The van der Waals surface area contributed by atoms with Gasteiger partial charge in [0, 0.05) is 27.2 Å². The van der Waals surface area contributed by atoms with Crippen molar-refractivity contribution in [3.8, 4) is 0 Å². The van der Waals surface area contributed by atoms with E-state index in [9.17, 15) is 0 Å². The molecule has 0 atom stereocenters. The van der Waals surface area contributed by atoms with Crippen LogP contribution in [0.1, 0.15) is 25.1 Å². The van der Waals surface area contributed by atoms with E-state index in [1.54, 1.807) is 11.8 Å². The first-order chi connectivity index (χ1) is 9.42. The third-order valence-corrected chi connectivity index (χ3v) is 3.01. The molecule has 0 aromatic carbocycles. The maximum absolute atomic E-state index is 8.97. The lowest BCUT2D eigenvalue weighted by molar-refractivity contribution is 0.204. The van der Waals surface area contributed by atoms with Crippen LogP contribution in [-0.4, -0.2) is 47.6 Å². The third-order valence-electron chi connectivity index (χ3n) is 3.01. The number of methoxy groups -OCH3 is 1. The normalized spacial score (nSPS) is 12.2. The molecule has 0 amide bonds. The summed E-state index contributed by atoms with van der Waals surface area (Å²) in [4.78, 5) is 2.15. The second kappa shape index (κ2) is 7.14. The highest BCUT2D eigenvalue weighted by Gasteiger charge is 2.22. The summed E-state index contributed by atoms with van der Waals surface area (Å²) >= 11 is 0. The fourth-order valence-corrected chi connectivity index (χ4v) is 2.28. The smallest absolute Gasteiger partial charge is 0.175 e. The fourth-order valence-electron chi connectivity index (χ4n) is 2.28. The molecule has 114 valence electrons. The van der Waals surface area contributed by atoms with Crippen LogP contribution in [0.4, 0.5) is 5.82 Å². The minimum absolute atomic E-state index is 0.0803. The van der Waals surface area contributed by atoms with Crippen molar-refractivity contribution in [2.75, 3.05) is 31.7 Å². The predicted octanol–water partition coefficient (Wildman–Crippen LogP) is 0.932. The summed E-state index contributed by atoms with van der Waals surface area (Å²) < 4.78 is 6.93. The summed E-state index contributed by atoms with van der Waals surface area (Å²) in [6.07, 6.45) is 0. The number of aromatic nitrogens is 2. The standard InChI is InChI=1S/C13H25N5O2/c1-9(2)8-18(6-7-20-5)13-11(12(14)16-19)10(3)15-17(13)4/h9,19H,6-8H2,1-5H3,(H2,14,16). The summed E-state index contributed by atoms with van der Waals surface area (Å²) in [6.45, 7) is 8.30. The molecule has 0 bridgehead atoms. The molecule has 3 N–H and O–H groups in total. The summed E-state index contributed by atoms with van der Waals surface area (Å²) in [7, 11) is 3.53. The first kappa shape index (κ1) is 16.3. The van der Waals surface area contributed by atoms with Gasteiger partial charge >= 0.3 is 0 Å². The third kappa shape index (κ3) is 3.63. The number of oxime groups is 1. The Bertz CT molecular complexity index is 468. The highest BCUT2D eigenvalue weighted by atomic mass is 16.5. The van der Waals surface area contributed by atoms with Gasteiger partial charge in [-0.1, -0.05) is 19.0 Å². The number of nitrogens with two attached hydrogens (primary N) is 1. The molecule has 0 aliphatic carbocycles. The highest BCUT2D eigenvalue weighted by Crippen LogP contribution is 2.24. The van der Waals surface area contributed by atoms with Gasteiger partial charge in [-0.15, -0.1) is 0 Å². The molecule has 20 heavy (non-hydrogen) atoms. The lowest BCUT2D eigenvalue weighted by Gasteiger charge is -2.27. The van der Waals surface area contributed by atoms with Gasteiger partial charge in [0.1, 0.15) is 5.82 Å². The molecule has 0 spiro atoms. The van der Waals surface area contributed by atoms with Crippen LogP contribution in [0.5, 0.6) is 0 Å². The number of hydrogen-bond donors (Lipinski definition) is 2. The Kier molecular flexibility index (Phi) is 5.82. The minimum atomic E-state index is 0.0803. The van der Waals surface area contributed by atoms with Crippen LogP contribution in [-0.2, 0) is 11.8 Å². The molecule has 7 heteroatoms. The number of ether oxygens (including phenoxy) is 1. The van der Waals surface area contributed by atoms with Gasteiger partial charge in [-0.3, -0.25) is 4.68 Å². The Morgan fingerprint density at radius 1 is 1.55 bits per heavy atom. The number of anilines is 1.